The molecule has 0 amide bonds. The Labute approximate surface area is 131 Å². The number of anilines is 2. The third-order valence-electron chi connectivity index (χ3n) is 4.20. The number of aryl methyl sites for hydroxylation is 1. The van der Waals surface area contributed by atoms with Crippen LogP contribution in [0.3, 0.4) is 0 Å². The van der Waals surface area contributed by atoms with Gasteiger partial charge in [0.2, 0.25) is 0 Å². The van der Waals surface area contributed by atoms with Crippen molar-refractivity contribution in [3.63, 3.8) is 0 Å². The number of piperidine rings is 1. The van der Waals surface area contributed by atoms with E-state index < -0.39 is 0 Å². The van der Waals surface area contributed by atoms with E-state index in [1.165, 1.54) is 11.3 Å². The van der Waals surface area contributed by atoms with E-state index >= 15 is 0 Å². The van der Waals surface area contributed by atoms with Crippen molar-refractivity contribution in [3.05, 3.63) is 53.7 Å². The highest BCUT2D eigenvalue weighted by atomic mass is 15.2. The molecule has 0 spiro atoms. The molecule has 4 heteroatoms. The zero-order valence-corrected chi connectivity index (χ0v) is 12.8. The lowest BCUT2D eigenvalue weighted by atomic mass is 10.0. The molecule has 1 aliphatic heterocycles. The highest BCUT2D eigenvalue weighted by Crippen LogP contribution is 2.22. The molecule has 0 radical (unpaired) electrons. The summed E-state index contributed by atoms with van der Waals surface area (Å²) in [6, 6.07) is 14.8. The van der Waals surface area contributed by atoms with Crippen LogP contribution >= 0.6 is 0 Å². The predicted octanol–water partition coefficient (Wildman–Crippen LogP) is 3.34. The maximum absolute atomic E-state index is 8.82. The normalized spacial score (nSPS) is 15.4. The zero-order valence-electron chi connectivity index (χ0n) is 12.8. The Morgan fingerprint density at radius 3 is 2.59 bits per heavy atom. The van der Waals surface area contributed by atoms with E-state index in [4.69, 9.17) is 5.26 Å². The van der Waals surface area contributed by atoms with Crippen molar-refractivity contribution in [3.8, 4) is 6.07 Å². The first kappa shape index (κ1) is 14.4. The first-order valence-electron chi connectivity index (χ1n) is 7.69. The molecule has 112 valence electrons. The predicted molar refractivity (Wildman–Crippen MR) is 89.0 cm³/mol. The Bertz CT molecular complexity index is 664. The number of hydrogen-bond donors (Lipinski definition) is 1. The average Bonchev–Trinajstić information content (AvgIpc) is 2.58. The Hall–Kier alpha value is -2.54. The van der Waals surface area contributed by atoms with Crippen molar-refractivity contribution in [2.45, 2.75) is 25.8 Å². The van der Waals surface area contributed by atoms with Crippen LogP contribution in [0.4, 0.5) is 11.5 Å². The van der Waals surface area contributed by atoms with Crippen molar-refractivity contribution >= 4 is 11.5 Å². The van der Waals surface area contributed by atoms with Gasteiger partial charge in [-0.05, 0) is 43.5 Å². The number of benzene rings is 1. The first-order valence-corrected chi connectivity index (χ1v) is 7.69. The topological polar surface area (TPSA) is 52.0 Å². The molecule has 4 nitrogen and oxygen atoms in total. The van der Waals surface area contributed by atoms with Gasteiger partial charge in [0.15, 0.2) is 0 Å². The molecule has 1 aliphatic rings. The van der Waals surface area contributed by atoms with Gasteiger partial charge in [-0.3, -0.25) is 0 Å². The van der Waals surface area contributed by atoms with Crippen LogP contribution in [0.1, 0.15) is 24.0 Å². The summed E-state index contributed by atoms with van der Waals surface area (Å²) in [5.41, 5.74) is 3.14. The molecular weight excluding hydrogens is 272 g/mol. The quantitative estimate of drug-likeness (QED) is 0.942. The van der Waals surface area contributed by atoms with Gasteiger partial charge in [-0.25, -0.2) is 4.98 Å². The third-order valence-corrected chi connectivity index (χ3v) is 4.20. The van der Waals surface area contributed by atoms with Crippen LogP contribution in [0.5, 0.6) is 0 Å². The molecule has 1 N–H and O–H groups in total. The van der Waals surface area contributed by atoms with Gasteiger partial charge in [0.25, 0.3) is 0 Å². The molecule has 0 unspecified atom stereocenters. The van der Waals surface area contributed by atoms with E-state index in [2.05, 4.69) is 52.5 Å². The SMILES string of the molecule is Cc1ccccc1NC1CCN(c2ccc(C#N)cn2)CC1. The first-order chi connectivity index (χ1) is 10.8. The average molecular weight is 292 g/mol. The van der Waals surface area contributed by atoms with Gasteiger partial charge >= 0.3 is 0 Å². The van der Waals surface area contributed by atoms with Crippen molar-refractivity contribution < 1.29 is 0 Å². The molecule has 0 atom stereocenters. The van der Waals surface area contributed by atoms with Gasteiger partial charge in [0.1, 0.15) is 11.9 Å². The van der Waals surface area contributed by atoms with Crippen molar-refractivity contribution in [1.29, 1.82) is 5.26 Å². The van der Waals surface area contributed by atoms with Gasteiger partial charge < -0.3 is 10.2 Å². The Kier molecular flexibility index (Phi) is 4.24. The minimum Gasteiger partial charge on any atom is -0.382 e. The molecule has 0 saturated carbocycles. The van der Waals surface area contributed by atoms with Crippen LogP contribution in [0.15, 0.2) is 42.6 Å². The minimum atomic E-state index is 0.510. The fourth-order valence-electron chi connectivity index (χ4n) is 2.85. The number of pyridine rings is 1. The summed E-state index contributed by atoms with van der Waals surface area (Å²) < 4.78 is 0. The number of hydrogen-bond acceptors (Lipinski definition) is 4. The van der Waals surface area contributed by atoms with Gasteiger partial charge in [-0.2, -0.15) is 5.26 Å². The number of rotatable bonds is 3. The highest BCUT2D eigenvalue weighted by Gasteiger charge is 2.20. The Balaban J connectivity index is 1.58. The second kappa shape index (κ2) is 6.48. The summed E-state index contributed by atoms with van der Waals surface area (Å²) in [5.74, 6) is 0.966. The van der Waals surface area contributed by atoms with E-state index in [1.807, 2.05) is 12.1 Å². The van der Waals surface area contributed by atoms with Gasteiger partial charge in [-0.15, -0.1) is 0 Å². The van der Waals surface area contributed by atoms with Crippen LogP contribution in [-0.2, 0) is 0 Å². The van der Waals surface area contributed by atoms with Crippen molar-refractivity contribution in [2.75, 3.05) is 23.3 Å². The molecule has 1 aromatic carbocycles. The summed E-state index contributed by atoms with van der Waals surface area (Å²) in [6.45, 7) is 4.11. The third kappa shape index (κ3) is 3.20. The summed E-state index contributed by atoms with van der Waals surface area (Å²) in [4.78, 5) is 6.67. The molecule has 22 heavy (non-hydrogen) atoms. The summed E-state index contributed by atoms with van der Waals surface area (Å²) in [5, 5.41) is 12.5. The van der Waals surface area contributed by atoms with E-state index in [-0.39, 0.29) is 0 Å². The summed E-state index contributed by atoms with van der Waals surface area (Å²) in [7, 11) is 0. The van der Waals surface area contributed by atoms with Gasteiger partial charge in [0, 0.05) is 31.0 Å². The smallest absolute Gasteiger partial charge is 0.128 e. The zero-order chi connectivity index (χ0) is 15.4. The molecule has 0 bridgehead atoms. The second-order valence-corrected chi connectivity index (χ2v) is 5.74. The molecule has 2 heterocycles. The number of nitriles is 1. The molecule has 2 aromatic rings. The van der Waals surface area contributed by atoms with Crippen molar-refractivity contribution in [2.24, 2.45) is 0 Å². The highest BCUT2D eigenvalue weighted by molar-refractivity contribution is 5.51. The molecule has 0 aliphatic carbocycles. The van der Waals surface area contributed by atoms with Gasteiger partial charge in [-0.1, -0.05) is 18.2 Å². The summed E-state index contributed by atoms with van der Waals surface area (Å²) >= 11 is 0. The van der Waals surface area contributed by atoms with E-state index in [9.17, 15) is 0 Å². The van der Waals surface area contributed by atoms with Crippen LogP contribution in [-0.4, -0.2) is 24.1 Å². The van der Waals surface area contributed by atoms with Crippen molar-refractivity contribution in [1.82, 2.24) is 4.98 Å². The monoisotopic (exact) mass is 292 g/mol. The molecule has 3 rings (SSSR count). The largest absolute Gasteiger partial charge is 0.382 e. The number of nitrogens with one attached hydrogen (secondary N) is 1. The fourth-order valence-corrected chi connectivity index (χ4v) is 2.85. The maximum Gasteiger partial charge on any atom is 0.128 e. The van der Waals surface area contributed by atoms with E-state index in [0.717, 1.165) is 31.7 Å². The lowest BCUT2D eigenvalue weighted by molar-refractivity contribution is 0.523. The fraction of sp³-hybridized carbons (Fsp3) is 0.333. The molecule has 1 fully saturated rings. The number of nitrogens with zero attached hydrogens (tertiary/aromatic N) is 3. The van der Waals surface area contributed by atoms with Crippen LogP contribution in [0.25, 0.3) is 0 Å². The molecule has 1 aromatic heterocycles. The van der Waals surface area contributed by atoms with E-state index in [0.29, 0.717) is 11.6 Å². The Morgan fingerprint density at radius 2 is 1.95 bits per heavy atom. The summed E-state index contributed by atoms with van der Waals surface area (Å²) in [6.07, 6.45) is 3.83. The lowest BCUT2D eigenvalue weighted by Gasteiger charge is -2.33. The maximum atomic E-state index is 8.82. The number of para-hydroxylation sites is 1. The van der Waals surface area contributed by atoms with Crippen LogP contribution in [0.2, 0.25) is 0 Å². The standard InChI is InChI=1S/C18H20N4/c1-14-4-2-3-5-17(14)21-16-8-10-22(11-9-16)18-7-6-15(12-19)13-20-18/h2-7,13,16,21H,8-11H2,1H3. The second-order valence-electron chi connectivity index (χ2n) is 5.74. The van der Waals surface area contributed by atoms with E-state index in [1.54, 1.807) is 6.20 Å². The van der Waals surface area contributed by atoms with Crippen LogP contribution < -0.4 is 10.2 Å². The lowest BCUT2D eigenvalue weighted by Crippen LogP contribution is -2.39. The Morgan fingerprint density at radius 1 is 1.18 bits per heavy atom. The minimum absolute atomic E-state index is 0.510. The number of aromatic nitrogens is 1. The van der Waals surface area contributed by atoms with Gasteiger partial charge in [0.05, 0.1) is 5.56 Å². The van der Waals surface area contributed by atoms with Crippen LogP contribution in [0, 0.1) is 18.3 Å². The molecule has 1 saturated heterocycles. The molecular formula is C18H20N4.